The van der Waals surface area contributed by atoms with Gasteiger partial charge in [-0.05, 0) is 25.7 Å². The largest absolute Gasteiger partial charge is 0.463 e. The van der Waals surface area contributed by atoms with Gasteiger partial charge < -0.3 is 19.5 Å². The number of esters is 2. The lowest BCUT2D eigenvalue weighted by molar-refractivity contribution is -0.162. The Labute approximate surface area is 202 Å². The molecule has 0 unspecified atom stereocenters. The minimum Gasteiger partial charge on any atom is -0.463 e. The number of halogens is 1. The number of nitrogens with zero attached hydrogens (tertiary/aromatic N) is 3. The number of carbonyl (C=O) groups is 2. The molecule has 1 saturated carbocycles. The van der Waals surface area contributed by atoms with Crippen molar-refractivity contribution >= 4 is 23.7 Å². The molecule has 4 rings (SSSR count). The van der Waals surface area contributed by atoms with E-state index in [0.29, 0.717) is 11.2 Å². The number of nitrogens with one attached hydrogen (secondary N) is 2. The van der Waals surface area contributed by atoms with E-state index in [-0.39, 0.29) is 36.8 Å². The normalized spacial score (nSPS) is 28.4. The van der Waals surface area contributed by atoms with Gasteiger partial charge in [0.1, 0.15) is 19.0 Å². The van der Waals surface area contributed by atoms with Gasteiger partial charge in [-0.15, -0.1) is 0 Å². The van der Waals surface area contributed by atoms with Gasteiger partial charge in [0.2, 0.25) is 11.9 Å². The van der Waals surface area contributed by atoms with Gasteiger partial charge in [0.25, 0.3) is 0 Å². The van der Waals surface area contributed by atoms with Gasteiger partial charge in [0, 0.05) is 19.9 Å². The molecule has 1 aromatic heterocycles. The van der Waals surface area contributed by atoms with Crippen LogP contribution in [0.15, 0.2) is 6.33 Å². The number of guanidine groups is 1. The summed E-state index contributed by atoms with van der Waals surface area (Å²) in [6.45, 7) is 2.72. The summed E-state index contributed by atoms with van der Waals surface area (Å²) >= 11 is 0. The molecule has 0 bridgehead atoms. The molecule has 3 heterocycles. The molecule has 0 spiro atoms. The van der Waals surface area contributed by atoms with Gasteiger partial charge in [0.15, 0.2) is 17.3 Å². The average Bonchev–Trinajstić information content (AvgIpc) is 3.35. The highest BCUT2D eigenvalue weighted by atomic mass is 19.1. The first-order chi connectivity index (χ1) is 16.7. The number of imidazole rings is 1. The van der Waals surface area contributed by atoms with Crippen LogP contribution >= 0.6 is 0 Å². The molecule has 192 valence electrons. The van der Waals surface area contributed by atoms with E-state index in [1.54, 1.807) is 14.0 Å². The molecule has 12 heteroatoms. The molecule has 1 aromatic rings. The van der Waals surface area contributed by atoms with Crippen molar-refractivity contribution < 1.29 is 28.2 Å². The molecule has 1 saturated heterocycles. The molecule has 2 aliphatic heterocycles. The summed E-state index contributed by atoms with van der Waals surface area (Å²) in [5, 5.41) is 6.25. The van der Waals surface area contributed by atoms with Crippen molar-refractivity contribution in [2.45, 2.75) is 82.9 Å². The summed E-state index contributed by atoms with van der Waals surface area (Å²) in [6, 6.07) is 0. The Hall–Kier alpha value is -3.11. The summed E-state index contributed by atoms with van der Waals surface area (Å²) < 4.78 is 39.1. The second kappa shape index (κ2) is 10.2. The summed E-state index contributed by atoms with van der Waals surface area (Å²) in [5.74, 6) is -0.0919. The third-order valence-electron chi connectivity index (χ3n) is 6.80. The van der Waals surface area contributed by atoms with Crippen LogP contribution in [-0.2, 0) is 23.8 Å². The van der Waals surface area contributed by atoms with Gasteiger partial charge in [-0.2, -0.15) is 0 Å². The third-order valence-corrected chi connectivity index (χ3v) is 6.80. The fraction of sp³-hybridized carbons (Fsp3) is 0.696. The number of fused-ring (bicyclic) bond motifs is 1. The highest BCUT2D eigenvalue weighted by molar-refractivity contribution is 5.83. The zero-order chi connectivity index (χ0) is 25.2. The first-order valence-corrected chi connectivity index (χ1v) is 12.2. The van der Waals surface area contributed by atoms with Crippen LogP contribution in [-0.4, -0.2) is 59.0 Å². The number of nitrogens with two attached hydrogens (primary N) is 1. The summed E-state index contributed by atoms with van der Waals surface area (Å²) in [4.78, 5) is 28.9. The van der Waals surface area contributed by atoms with Crippen molar-refractivity contribution in [2.24, 2.45) is 11.7 Å². The van der Waals surface area contributed by atoms with Crippen molar-refractivity contribution in [1.29, 1.82) is 0 Å². The van der Waals surface area contributed by atoms with E-state index in [1.807, 2.05) is 0 Å². The second-order valence-corrected chi connectivity index (χ2v) is 9.40. The van der Waals surface area contributed by atoms with Crippen molar-refractivity contribution in [3.63, 3.8) is 0 Å². The van der Waals surface area contributed by atoms with Crippen LogP contribution in [0, 0.1) is 5.92 Å². The lowest BCUT2D eigenvalue weighted by atomic mass is 9.87. The Bertz CT molecular complexity index is 1120. The van der Waals surface area contributed by atoms with Gasteiger partial charge >= 0.3 is 23.4 Å². The van der Waals surface area contributed by atoms with E-state index in [0.717, 1.165) is 25.7 Å². The SMILES string of the molecule is CCC(=O)OC[C@H]1O[C@@H](n2cnc3c2=[N+]=C(N)NC=3NC)[C@](C)(F)[C@@H]1OC(=O)CC1CCCCC1. The monoisotopic (exact) mass is 493 g/mol. The minimum absolute atomic E-state index is 0.103. The zero-order valence-electron chi connectivity index (χ0n) is 20.4. The number of hydrogen-bond donors (Lipinski definition) is 3. The maximum absolute atomic E-state index is 16.4. The Morgan fingerprint density at radius 2 is 2.11 bits per heavy atom. The van der Waals surface area contributed by atoms with Gasteiger partial charge in [-0.1, -0.05) is 26.2 Å². The van der Waals surface area contributed by atoms with Gasteiger partial charge in [-0.3, -0.25) is 15.3 Å². The lowest BCUT2D eigenvalue weighted by Gasteiger charge is -2.27. The Morgan fingerprint density at radius 1 is 1.37 bits per heavy atom. The van der Waals surface area contributed by atoms with E-state index in [4.69, 9.17) is 19.9 Å². The van der Waals surface area contributed by atoms with Gasteiger partial charge in [0.05, 0.1) is 0 Å². The first kappa shape index (κ1) is 25.0. The molecular weight excluding hydrogens is 459 g/mol. The molecular formula is C23H34FN6O5+. The highest BCUT2D eigenvalue weighted by Crippen LogP contribution is 2.43. The number of aromatic nitrogens is 2. The predicted octanol–water partition coefficient (Wildman–Crippen LogP) is -0.766. The summed E-state index contributed by atoms with van der Waals surface area (Å²) in [7, 11) is 1.69. The van der Waals surface area contributed by atoms with Crippen molar-refractivity contribution in [3.05, 3.63) is 17.2 Å². The van der Waals surface area contributed by atoms with Gasteiger partial charge in [-0.25, -0.2) is 23.9 Å². The molecule has 2 fully saturated rings. The lowest BCUT2D eigenvalue weighted by Crippen LogP contribution is -2.53. The fourth-order valence-corrected chi connectivity index (χ4v) is 4.95. The van der Waals surface area contributed by atoms with E-state index in [9.17, 15) is 9.59 Å². The third kappa shape index (κ3) is 5.13. The smallest absolute Gasteiger partial charge is 0.398 e. The maximum atomic E-state index is 16.4. The van der Waals surface area contributed by atoms with E-state index < -0.39 is 36.0 Å². The van der Waals surface area contributed by atoms with Crippen LogP contribution in [0.2, 0.25) is 0 Å². The van der Waals surface area contributed by atoms with Crippen LogP contribution in [0.25, 0.3) is 5.82 Å². The number of carbonyl (C=O) groups excluding carboxylic acids is 2. The quantitative estimate of drug-likeness (QED) is 0.314. The maximum Gasteiger partial charge on any atom is 0.398 e. The van der Waals surface area contributed by atoms with Crippen molar-refractivity contribution in [3.8, 4) is 0 Å². The van der Waals surface area contributed by atoms with E-state index in [2.05, 4.69) is 20.3 Å². The topological polar surface area (TPSA) is 144 Å². The molecule has 11 nitrogen and oxygen atoms in total. The molecule has 3 aliphatic rings. The molecule has 0 aromatic carbocycles. The van der Waals surface area contributed by atoms with Crippen LogP contribution in [0.4, 0.5) is 4.39 Å². The molecule has 1 aliphatic carbocycles. The number of rotatable bonds is 8. The molecule has 4 atom stereocenters. The minimum atomic E-state index is -2.17. The number of hydrogen-bond acceptors (Lipinski definition) is 9. The van der Waals surface area contributed by atoms with E-state index >= 15 is 4.39 Å². The molecule has 4 N–H and O–H groups in total. The standard InChI is InChI=1S/C23H33FN6O5/c1-4-15(31)33-11-14-18(35-16(32)10-13-8-6-5-7-9-13)23(2,24)21(34-14)30-12-27-17-19(26-3)28-22(25)29-20(17)30/h12-14,18,21H,4-11H2,1-3H3,(H3,25,26,28,29)/p+1/t14-,18-,21-,23-/m1/s1. The van der Waals surface area contributed by atoms with Crippen molar-refractivity contribution in [1.82, 2.24) is 24.9 Å². The predicted molar refractivity (Wildman–Crippen MR) is 123 cm³/mol. The summed E-state index contributed by atoms with van der Waals surface area (Å²) in [5.41, 5.74) is 4.01. The van der Waals surface area contributed by atoms with Crippen LogP contribution in [0.5, 0.6) is 0 Å². The van der Waals surface area contributed by atoms with E-state index in [1.165, 1.54) is 24.2 Å². The highest BCUT2D eigenvalue weighted by Gasteiger charge is 2.60. The second-order valence-electron chi connectivity index (χ2n) is 9.40. The zero-order valence-corrected chi connectivity index (χ0v) is 20.4. The van der Waals surface area contributed by atoms with Crippen LogP contribution in [0.3, 0.4) is 0 Å². The van der Waals surface area contributed by atoms with Crippen molar-refractivity contribution in [2.75, 3.05) is 13.7 Å². The molecule has 0 amide bonds. The summed E-state index contributed by atoms with van der Waals surface area (Å²) in [6.07, 6.45) is 3.50. The molecule has 0 radical (unpaired) electrons. The Kier molecular flexibility index (Phi) is 7.32. The average molecular weight is 494 g/mol. The van der Waals surface area contributed by atoms with Crippen LogP contribution in [0.1, 0.15) is 65.0 Å². The number of ether oxygens (including phenoxy) is 3. The molecule has 35 heavy (non-hydrogen) atoms. The Balaban J connectivity index is 1.63. The van der Waals surface area contributed by atoms with Crippen LogP contribution < -0.4 is 31.9 Å². The number of alkyl halides is 1. The fourth-order valence-electron chi connectivity index (χ4n) is 4.95. The Morgan fingerprint density at radius 3 is 2.80 bits per heavy atom. The first-order valence-electron chi connectivity index (χ1n) is 12.2.